The standard InChI is InChI=1S/C20H29N3O4/c1-20(2,3)26-19(25)23-14-5-4-6-15(23)10-13(9-14)21-18(24)16-11-17(27-22-16)12-7-8-12/h11-15H,4-10H2,1-3H3,(H,21,24)/t13-,14+,15-. The van der Waals surface area contributed by atoms with Gasteiger partial charge < -0.3 is 19.5 Å². The van der Waals surface area contributed by atoms with Crippen LogP contribution in [-0.2, 0) is 4.74 Å². The average Bonchev–Trinajstić information content (AvgIpc) is 3.29. The summed E-state index contributed by atoms with van der Waals surface area (Å²) in [5.74, 6) is 1.08. The number of hydrogen-bond donors (Lipinski definition) is 1. The van der Waals surface area contributed by atoms with Gasteiger partial charge in [-0.2, -0.15) is 0 Å². The molecule has 2 bridgehead atoms. The van der Waals surface area contributed by atoms with E-state index in [1.165, 1.54) is 0 Å². The van der Waals surface area contributed by atoms with Crippen LogP contribution < -0.4 is 5.32 Å². The Hall–Kier alpha value is -2.05. The monoisotopic (exact) mass is 375 g/mol. The molecule has 1 aliphatic carbocycles. The van der Waals surface area contributed by atoms with Gasteiger partial charge in [0.05, 0.1) is 0 Å². The van der Waals surface area contributed by atoms with Crippen LogP contribution in [0.2, 0.25) is 0 Å². The lowest BCUT2D eigenvalue weighted by atomic mass is 9.82. The molecule has 2 aliphatic heterocycles. The Labute approximate surface area is 159 Å². The minimum absolute atomic E-state index is 0.0487. The first-order chi connectivity index (χ1) is 12.8. The van der Waals surface area contributed by atoms with Gasteiger partial charge in [0, 0.05) is 30.1 Å². The third kappa shape index (κ3) is 4.12. The number of nitrogens with zero attached hydrogens (tertiary/aromatic N) is 2. The maximum Gasteiger partial charge on any atom is 0.410 e. The number of amides is 2. The molecule has 3 heterocycles. The second-order valence-corrected chi connectivity index (χ2v) is 9.16. The summed E-state index contributed by atoms with van der Waals surface area (Å²) in [7, 11) is 0. The van der Waals surface area contributed by atoms with Gasteiger partial charge in [0.25, 0.3) is 5.91 Å². The van der Waals surface area contributed by atoms with Crippen molar-refractivity contribution in [2.75, 3.05) is 0 Å². The van der Waals surface area contributed by atoms with Gasteiger partial charge in [-0.3, -0.25) is 4.79 Å². The lowest BCUT2D eigenvalue weighted by Crippen LogP contribution is -2.59. The van der Waals surface area contributed by atoms with Crippen molar-refractivity contribution in [1.29, 1.82) is 0 Å². The Morgan fingerprint density at radius 3 is 2.44 bits per heavy atom. The second kappa shape index (κ2) is 6.84. The van der Waals surface area contributed by atoms with Crippen molar-refractivity contribution in [2.45, 2.75) is 95.4 Å². The molecule has 0 unspecified atom stereocenters. The van der Waals surface area contributed by atoms with Crippen LogP contribution in [0.1, 0.15) is 87.9 Å². The van der Waals surface area contributed by atoms with E-state index >= 15 is 0 Å². The quantitative estimate of drug-likeness (QED) is 0.872. The third-order valence-corrected chi connectivity index (χ3v) is 5.65. The van der Waals surface area contributed by atoms with Crippen molar-refractivity contribution in [1.82, 2.24) is 15.4 Å². The third-order valence-electron chi connectivity index (χ3n) is 5.65. The highest BCUT2D eigenvalue weighted by atomic mass is 16.6. The molecule has 1 aromatic heterocycles. The van der Waals surface area contributed by atoms with Crippen LogP contribution in [0.25, 0.3) is 0 Å². The topological polar surface area (TPSA) is 84.7 Å². The lowest BCUT2D eigenvalue weighted by Gasteiger charge is -2.48. The first-order valence-corrected chi connectivity index (χ1v) is 10.1. The summed E-state index contributed by atoms with van der Waals surface area (Å²) < 4.78 is 10.9. The predicted octanol–water partition coefficient (Wildman–Crippen LogP) is 3.60. The Morgan fingerprint density at radius 1 is 1.19 bits per heavy atom. The molecule has 4 rings (SSSR count). The minimum atomic E-state index is -0.497. The van der Waals surface area contributed by atoms with Gasteiger partial charge in [0.2, 0.25) is 0 Å². The molecule has 148 valence electrons. The summed E-state index contributed by atoms with van der Waals surface area (Å²) in [4.78, 5) is 27.1. The number of rotatable bonds is 3. The van der Waals surface area contributed by atoms with Crippen LogP contribution in [0, 0.1) is 0 Å². The van der Waals surface area contributed by atoms with E-state index in [1.54, 1.807) is 6.07 Å². The van der Waals surface area contributed by atoms with Crippen LogP contribution in [0.5, 0.6) is 0 Å². The van der Waals surface area contributed by atoms with Crippen molar-refractivity contribution < 1.29 is 18.8 Å². The molecule has 3 atom stereocenters. The maximum atomic E-state index is 12.6. The van der Waals surface area contributed by atoms with Crippen LogP contribution in [0.3, 0.4) is 0 Å². The minimum Gasteiger partial charge on any atom is -0.444 e. The molecule has 27 heavy (non-hydrogen) atoms. The van der Waals surface area contributed by atoms with Crippen LogP contribution in [0.4, 0.5) is 4.79 Å². The van der Waals surface area contributed by atoms with Gasteiger partial charge in [0.15, 0.2) is 5.69 Å². The van der Waals surface area contributed by atoms with E-state index in [9.17, 15) is 9.59 Å². The van der Waals surface area contributed by atoms with Crippen LogP contribution >= 0.6 is 0 Å². The molecular weight excluding hydrogens is 346 g/mol. The second-order valence-electron chi connectivity index (χ2n) is 9.16. The van der Waals surface area contributed by atoms with E-state index in [4.69, 9.17) is 9.26 Å². The van der Waals surface area contributed by atoms with Gasteiger partial charge in [-0.05, 0) is 65.7 Å². The summed E-state index contributed by atoms with van der Waals surface area (Å²) in [6, 6.07) is 2.06. The molecule has 7 heteroatoms. The smallest absolute Gasteiger partial charge is 0.410 e. The van der Waals surface area contributed by atoms with Crippen molar-refractivity contribution in [3.05, 3.63) is 17.5 Å². The van der Waals surface area contributed by atoms with Crippen LogP contribution in [-0.4, -0.2) is 45.8 Å². The predicted molar refractivity (Wildman–Crippen MR) is 98.5 cm³/mol. The van der Waals surface area contributed by atoms with Crippen LogP contribution in [0.15, 0.2) is 10.6 Å². The van der Waals surface area contributed by atoms with E-state index in [1.807, 2.05) is 25.7 Å². The van der Waals surface area contributed by atoms with Gasteiger partial charge in [-0.25, -0.2) is 4.79 Å². The average molecular weight is 375 g/mol. The van der Waals surface area contributed by atoms with Crippen molar-refractivity contribution >= 4 is 12.0 Å². The summed E-state index contributed by atoms with van der Waals surface area (Å²) in [5, 5.41) is 7.03. The van der Waals surface area contributed by atoms with Crippen molar-refractivity contribution in [3.63, 3.8) is 0 Å². The number of ether oxygens (including phenoxy) is 1. The molecule has 2 amide bonds. The van der Waals surface area contributed by atoms with Gasteiger partial charge in [0.1, 0.15) is 11.4 Å². The number of hydrogen-bond acceptors (Lipinski definition) is 5. The highest BCUT2D eigenvalue weighted by molar-refractivity contribution is 5.92. The van der Waals surface area contributed by atoms with Gasteiger partial charge >= 0.3 is 6.09 Å². The summed E-state index contributed by atoms with van der Waals surface area (Å²) in [6.45, 7) is 5.67. The molecule has 7 nitrogen and oxygen atoms in total. The fraction of sp³-hybridized carbons (Fsp3) is 0.750. The highest BCUT2D eigenvalue weighted by Crippen LogP contribution is 2.40. The first-order valence-electron chi connectivity index (χ1n) is 10.1. The molecule has 1 N–H and O–H groups in total. The molecule has 1 saturated carbocycles. The van der Waals surface area contributed by atoms with E-state index in [-0.39, 0.29) is 30.1 Å². The zero-order valence-corrected chi connectivity index (χ0v) is 16.4. The fourth-order valence-electron chi connectivity index (χ4n) is 4.33. The molecule has 3 fully saturated rings. The number of fused-ring (bicyclic) bond motifs is 2. The maximum absolute atomic E-state index is 12.6. The highest BCUT2D eigenvalue weighted by Gasteiger charge is 2.43. The summed E-state index contributed by atoms with van der Waals surface area (Å²) >= 11 is 0. The Bertz CT molecular complexity index is 705. The fourth-order valence-corrected chi connectivity index (χ4v) is 4.33. The zero-order valence-electron chi connectivity index (χ0n) is 16.4. The summed E-state index contributed by atoms with van der Waals surface area (Å²) in [6.07, 6.45) is 6.54. The number of nitrogens with one attached hydrogen (secondary N) is 1. The first kappa shape index (κ1) is 18.3. The van der Waals surface area contributed by atoms with Crippen molar-refractivity contribution in [2.24, 2.45) is 0 Å². The number of piperidine rings is 2. The Balaban J connectivity index is 1.38. The number of aromatic nitrogens is 1. The molecule has 1 aromatic rings. The van der Waals surface area contributed by atoms with Gasteiger partial charge in [-0.1, -0.05) is 5.16 Å². The SMILES string of the molecule is CC(C)(C)OC(=O)N1[C@@H]2CCC[C@H]1C[C@@H](NC(=O)c1cc(C3CC3)on1)C2. The number of carbonyl (C=O) groups is 2. The van der Waals surface area contributed by atoms with E-state index < -0.39 is 5.60 Å². The van der Waals surface area contributed by atoms with E-state index in [0.717, 1.165) is 50.7 Å². The molecule has 3 aliphatic rings. The largest absolute Gasteiger partial charge is 0.444 e. The zero-order chi connectivity index (χ0) is 19.2. The Kier molecular flexibility index (Phi) is 4.64. The lowest BCUT2D eigenvalue weighted by molar-refractivity contribution is -0.0229. The molecular formula is C20H29N3O4. The molecule has 2 saturated heterocycles. The normalized spacial score (nSPS) is 28.0. The van der Waals surface area contributed by atoms with E-state index in [2.05, 4.69) is 10.5 Å². The Morgan fingerprint density at radius 2 is 1.85 bits per heavy atom. The number of carbonyl (C=O) groups excluding carboxylic acids is 2. The summed E-state index contributed by atoms with van der Waals surface area (Å²) in [5.41, 5.74) is -0.139. The molecule has 0 radical (unpaired) electrons. The van der Waals surface area contributed by atoms with E-state index in [0.29, 0.717) is 11.6 Å². The molecule has 0 aromatic carbocycles. The van der Waals surface area contributed by atoms with Crippen molar-refractivity contribution in [3.8, 4) is 0 Å². The molecule has 0 spiro atoms. The van der Waals surface area contributed by atoms with Gasteiger partial charge in [-0.15, -0.1) is 0 Å².